The standard InChI is InChI=1S/C15H22N2O4/c1-3-21-15(19)13(11-4-6-20-7-5-11)17-14(18)12-9-16-8-10(12)2/h8-9,11,13,16H,3-7H2,1-2H3,(H,17,18). The molecular weight excluding hydrogens is 272 g/mol. The van der Waals surface area contributed by atoms with E-state index in [-0.39, 0.29) is 17.8 Å². The summed E-state index contributed by atoms with van der Waals surface area (Å²) in [6.07, 6.45) is 4.88. The summed E-state index contributed by atoms with van der Waals surface area (Å²) in [5.41, 5.74) is 1.40. The molecule has 1 aromatic rings. The van der Waals surface area contributed by atoms with Crippen molar-refractivity contribution in [2.45, 2.75) is 32.7 Å². The van der Waals surface area contributed by atoms with Gasteiger partial charge in [0.25, 0.3) is 5.91 Å². The number of rotatable bonds is 5. The number of ether oxygens (including phenoxy) is 2. The van der Waals surface area contributed by atoms with Crippen LogP contribution < -0.4 is 5.32 Å². The van der Waals surface area contributed by atoms with Gasteiger partial charge < -0.3 is 19.8 Å². The Morgan fingerprint density at radius 2 is 2.14 bits per heavy atom. The Balaban J connectivity index is 2.09. The predicted molar refractivity (Wildman–Crippen MR) is 77.0 cm³/mol. The maximum Gasteiger partial charge on any atom is 0.328 e. The molecule has 0 spiro atoms. The smallest absolute Gasteiger partial charge is 0.328 e. The van der Waals surface area contributed by atoms with Gasteiger partial charge in [-0.3, -0.25) is 4.79 Å². The van der Waals surface area contributed by atoms with Crippen LogP contribution in [0.4, 0.5) is 0 Å². The summed E-state index contributed by atoms with van der Waals surface area (Å²) in [6, 6.07) is -0.615. The summed E-state index contributed by atoms with van der Waals surface area (Å²) in [4.78, 5) is 27.4. The molecule has 0 radical (unpaired) electrons. The second-order valence-electron chi connectivity index (χ2n) is 5.21. The fourth-order valence-electron chi connectivity index (χ4n) is 2.56. The maximum absolute atomic E-state index is 12.3. The highest BCUT2D eigenvalue weighted by atomic mass is 16.5. The molecule has 0 saturated carbocycles. The van der Waals surface area contributed by atoms with Crippen LogP contribution in [0.5, 0.6) is 0 Å². The quantitative estimate of drug-likeness (QED) is 0.805. The van der Waals surface area contributed by atoms with E-state index in [0.29, 0.717) is 25.4 Å². The first-order chi connectivity index (χ1) is 10.1. The van der Waals surface area contributed by atoms with Gasteiger partial charge in [-0.1, -0.05) is 0 Å². The Hall–Kier alpha value is -1.82. The molecule has 0 aromatic carbocycles. The molecule has 21 heavy (non-hydrogen) atoms. The molecule has 2 rings (SSSR count). The molecule has 2 N–H and O–H groups in total. The van der Waals surface area contributed by atoms with Crippen molar-refractivity contribution < 1.29 is 19.1 Å². The van der Waals surface area contributed by atoms with E-state index in [2.05, 4.69) is 10.3 Å². The van der Waals surface area contributed by atoms with Gasteiger partial charge in [-0.25, -0.2) is 4.79 Å². The topological polar surface area (TPSA) is 80.4 Å². The Morgan fingerprint density at radius 1 is 1.43 bits per heavy atom. The second-order valence-corrected chi connectivity index (χ2v) is 5.21. The maximum atomic E-state index is 12.3. The van der Waals surface area contributed by atoms with Gasteiger partial charge in [0.1, 0.15) is 6.04 Å². The minimum absolute atomic E-state index is 0.0565. The number of esters is 1. The van der Waals surface area contributed by atoms with Crippen LogP contribution in [0.15, 0.2) is 12.4 Å². The highest BCUT2D eigenvalue weighted by Crippen LogP contribution is 2.20. The Bertz CT molecular complexity index is 492. The normalized spacial score (nSPS) is 17.2. The van der Waals surface area contributed by atoms with Crippen LogP contribution in [0.25, 0.3) is 0 Å². The number of aromatic amines is 1. The SMILES string of the molecule is CCOC(=O)C(NC(=O)c1c[nH]cc1C)C1CCOCC1. The van der Waals surface area contributed by atoms with Gasteiger partial charge in [-0.15, -0.1) is 0 Å². The molecule has 116 valence electrons. The van der Waals surface area contributed by atoms with Gasteiger partial charge in [0.2, 0.25) is 0 Å². The van der Waals surface area contributed by atoms with Crippen molar-refractivity contribution in [2.75, 3.05) is 19.8 Å². The van der Waals surface area contributed by atoms with Crippen LogP contribution in [0.1, 0.15) is 35.7 Å². The van der Waals surface area contributed by atoms with Crippen LogP contribution in [0.3, 0.4) is 0 Å². The summed E-state index contributed by atoms with van der Waals surface area (Å²) < 4.78 is 10.4. The van der Waals surface area contributed by atoms with E-state index in [1.54, 1.807) is 19.3 Å². The van der Waals surface area contributed by atoms with Crippen molar-refractivity contribution in [3.05, 3.63) is 23.5 Å². The minimum atomic E-state index is -0.615. The first kappa shape index (κ1) is 15.6. The monoisotopic (exact) mass is 294 g/mol. The van der Waals surface area contributed by atoms with Crippen molar-refractivity contribution in [1.82, 2.24) is 10.3 Å². The third kappa shape index (κ3) is 3.85. The second kappa shape index (κ2) is 7.26. The molecule has 1 aliphatic rings. The average Bonchev–Trinajstić information content (AvgIpc) is 2.92. The number of amides is 1. The number of carbonyl (C=O) groups is 2. The van der Waals surface area contributed by atoms with Gasteiger partial charge in [0.05, 0.1) is 12.2 Å². The molecule has 6 nitrogen and oxygen atoms in total. The summed E-state index contributed by atoms with van der Waals surface area (Å²) in [5.74, 6) is -0.565. The Labute approximate surface area is 124 Å². The number of hydrogen-bond donors (Lipinski definition) is 2. The lowest BCUT2D eigenvalue weighted by atomic mass is 9.91. The highest BCUT2D eigenvalue weighted by molar-refractivity contribution is 5.97. The van der Waals surface area contributed by atoms with Crippen molar-refractivity contribution in [3.8, 4) is 0 Å². The molecule has 6 heteroatoms. The van der Waals surface area contributed by atoms with E-state index in [9.17, 15) is 9.59 Å². The van der Waals surface area contributed by atoms with E-state index in [0.717, 1.165) is 18.4 Å². The number of nitrogens with one attached hydrogen (secondary N) is 2. The van der Waals surface area contributed by atoms with Crippen LogP contribution in [-0.2, 0) is 14.3 Å². The molecule has 0 aliphatic carbocycles. The zero-order valence-electron chi connectivity index (χ0n) is 12.5. The Kier molecular flexibility index (Phi) is 5.38. The van der Waals surface area contributed by atoms with Crippen LogP contribution in [0.2, 0.25) is 0 Å². The molecule has 1 atom stereocenters. The van der Waals surface area contributed by atoms with E-state index in [1.165, 1.54) is 0 Å². The van der Waals surface area contributed by atoms with Gasteiger partial charge in [0.15, 0.2) is 0 Å². The van der Waals surface area contributed by atoms with Crippen LogP contribution in [0, 0.1) is 12.8 Å². The first-order valence-electron chi connectivity index (χ1n) is 7.32. The zero-order valence-corrected chi connectivity index (χ0v) is 12.5. The average molecular weight is 294 g/mol. The van der Waals surface area contributed by atoms with Crippen LogP contribution in [-0.4, -0.2) is 42.7 Å². The highest BCUT2D eigenvalue weighted by Gasteiger charge is 2.32. The van der Waals surface area contributed by atoms with E-state index in [1.807, 2.05) is 6.92 Å². The van der Waals surface area contributed by atoms with Crippen molar-refractivity contribution >= 4 is 11.9 Å². The zero-order chi connectivity index (χ0) is 15.2. The molecule has 1 unspecified atom stereocenters. The summed E-state index contributed by atoms with van der Waals surface area (Å²) >= 11 is 0. The van der Waals surface area contributed by atoms with Gasteiger partial charge in [-0.2, -0.15) is 0 Å². The number of hydrogen-bond acceptors (Lipinski definition) is 4. The molecule has 1 aromatic heterocycles. The third-order valence-corrected chi connectivity index (χ3v) is 3.76. The van der Waals surface area contributed by atoms with E-state index < -0.39 is 6.04 Å². The lowest BCUT2D eigenvalue weighted by Gasteiger charge is -2.29. The molecule has 1 aliphatic heterocycles. The minimum Gasteiger partial charge on any atom is -0.464 e. The lowest BCUT2D eigenvalue weighted by Crippen LogP contribution is -2.48. The summed E-state index contributed by atoms with van der Waals surface area (Å²) in [7, 11) is 0. The van der Waals surface area contributed by atoms with E-state index >= 15 is 0 Å². The molecule has 1 fully saturated rings. The van der Waals surface area contributed by atoms with Crippen molar-refractivity contribution in [1.29, 1.82) is 0 Å². The molecule has 2 heterocycles. The predicted octanol–water partition coefficient (Wildman–Crippen LogP) is 1.41. The fraction of sp³-hybridized carbons (Fsp3) is 0.600. The molecule has 1 amide bonds. The van der Waals surface area contributed by atoms with Gasteiger partial charge >= 0.3 is 5.97 Å². The molecule has 1 saturated heterocycles. The third-order valence-electron chi connectivity index (χ3n) is 3.76. The lowest BCUT2D eigenvalue weighted by molar-refractivity contribution is -0.147. The fourth-order valence-corrected chi connectivity index (χ4v) is 2.56. The molecular formula is C15H22N2O4. The number of aryl methyl sites for hydroxylation is 1. The number of aromatic nitrogens is 1. The van der Waals surface area contributed by atoms with Crippen molar-refractivity contribution in [2.24, 2.45) is 5.92 Å². The number of H-pyrrole nitrogens is 1. The number of carbonyl (C=O) groups excluding carboxylic acids is 2. The molecule has 0 bridgehead atoms. The van der Waals surface area contributed by atoms with Gasteiger partial charge in [-0.05, 0) is 38.2 Å². The van der Waals surface area contributed by atoms with Gasteiger partial charge in [0, 0.05) is 25.6 Å². The van der Waals surface area contributed by atoms with E-state index in [4.69, 9.17) is 9.47 Å². The van der Waals surface area contributed by atoms with Crippen molar-refractivity contribution in [3.63, 3.8) is 0 Å². The van der Waals surface area contributed by atoms with Crippen LogP contribution >= 0.6 is 0 Å². The first-order valence-corrected chi connectivity index (χ1v) is 7.32. The summed E-state index contributed by atoms with van der Waals surface area (Å²) in [6.45, 7) is 5.13. The Morgan fingerprint density at radius 3 is 2.71 bits per heavy atom. The largest absolute Gasteiger partial charge is 0.464 e. The summed E-state index contributed by atoms with van der Waals surface area (Å²) in [5, 5.41) is 2.83.